The van der Waals surface area contributed by atoms with Crippen LogP contribution in [0.15, 0.2) is 24.3 Å². The molecule has 0 amide bonds. The van der Waals surface area contributed by atoms with Crippen molar-refractivity contribution >= 4 is 11.6 Å². The number of rotatable bonds is 5. The van der Waals surface area contributed by atoms with Gasteiger partial charge >= 0.3 is 0 Å². The maximum atomic E-state index is 5.97. The van der Waals surface area contributed by atoms with Crippen LogP contribution >= 0.6 is 11.6 Å². The van der Waals surface area contributed by atoms with Crippen LogP contribution in [0.25, 0.3) is 0 Å². The maximum absolute atomic E-state index is 5.97. The van der Waals surface area contributed by atoms with E-state index in [0.29, 0.717) is 23.2 Å². The van der Waals surface area contributed by atoms with Crippen molar-refractivity contribution in [3.63, 3.8) is 0 Å². The highest BCUT2D eigenvalue weighted by atomic mass is 35.5. The molecule has 17 heavy (non-hydrogen) atoms. The Morgan fingerprint density at radius 1 is 1.35 bits per heavy atom. The van der Waals surface area contributed by atoms with Gasteiger partial charge in [-0.2, -0.15) is 5.10 Å². The summed E-state index contributed by atoms with van der Waals surface area (Å²) in [7, 11) is 0. The quantitative estimate of drug-likeness (QED) is 0.889. The predicted molar refractivity (Wildman–Crippen MR) is 66.2 cm³/mol. The second-order valence-corrected chi connectivity index (χ2v) is 4.07. The number of benzene rings is 1. The fourth-order valence-electron chi connectivity index (χ4n) is 1.44. The largest absolute Gasteiger partial charge is 0.484 e. The van der Waals surface area contributed by atoms with Crippen molar-refractivity contribution in [3.8, 4) is 5.75 Å². The molecule has 0 saturated carbocycles. The summed E-state index contributed by atoms with van der Waals surface area (Å²) in [5.41, 5.74) is 0. The summed E-state index contributed by atoms with van der Waals surface area (Å²) in [5.74, 6) is 2.20. The number of para-hydroxylation sites is 1. The average molecular weight is 252 g/mol. The van der Waals surface area contributed by atoms with E-state index in [1.165, 1.54) is 0 Å². The van der Waals surface area contributed by atoms with Crippen molar-refractivity contribution in [1.82, 2.24) is 15.2 Å². The number of nitrogens with zero attached hydrogens (tertiary/aromatic N) is 2. The molecule has 1 N–H and O–H groups in total. The predicted octanol–water partition coefficient (Wildman–Crippen LogP) is 2.99. The molecule has 5 heteroatoms. The van der Waals surface area contributed by atoms with E-state index < -0.39 is 0 Å². The number of hydrogen-bond acceptors (Lipinski definition) is 3. The van der Waals surface area contributed by atoms with Crippen molar-refractivity contribution in [1.29, 1.82) is 0 Å². The summed E-state index contributed by atoms with van der Waals surface area (Å²) >= 11 is 5.97. The highest BCUT2D eigenvalue weighted by Gasteiger charge is 2.04. The Morgan fingerprint density at radius 2 is 2.18 bits per heavy atom. The van der Waals surface area contributed by atoms with E-state index in [-0.39, 0.29) is 0 Å². The van der Waals surface area contributed by atoms with Gasteiger partial charge in [0.25, 0.3) is 0 Å². The van der Waals surface area contributed by atoms with E-state index in [0.717, 1.165) is 18.7 Å². The van der Waals surface area contributed by atoms with Gasteiger partial charge in [-0.3, -0.25) is 5.10 Å². The SMILES string of the molecule is CCCc1n[nH]c(COc2ccccc2Cl)n1. The lowest BCUT2D eigenvalue weighted by Crippen LogP contribution is -1.98. The third-order valence-corrected chi connectivity index (χ3v) is 2.56. The number of H-pyrrole nitrogens is 1. The van der Waals surface area contributed by atoms with Crippen molar-refractivity contribution in [2.45, 2.75) is 26.4 Å². The Kier molecular flexibility index (Phi) is 3.98. The first-order chi connectivity index (χ1) is 8.29. The van der Waals surface area contributed by atoms with Gasteiger partial charge in [-0.25, -0.2) is 4.98 Å². The molecular weight excluding hydrogens is 238 g/mol. The lowest BCUT2D eigenvalue weighted by molar-refractivity contribution is 0.296. The van der Waals surface area contributed by atoms with Crippen LogP contribution in [0.5, 0.6) is 5.75 Å². The molecule has 2 rings (SSSR count). The highest BCUT2D eigenvalue weighted by Crippen LogP contribution is 2.23. The summed E-state index contributed by atoms with van der Waals surface area (Å²) in [4.78, 5) is 4.31. The van der Waals surface area contributed by atoms with Gasteiger partial charge in [0.2, 0.25) is 0 Å². The number of halogens is 1. The van der Waals surface area contributed by atoms with Crippen LogP contribution in [0.2, 0.25) is 5.02 Å². The molecule has 0 saturated heterocycles. The maximum Gasteiger partial charge on any atom is 0.162 e. The van der Waals surface area contributed by atoms with Gasteiger partial charge in [-0.1, -0.05) is 30.7 Å². The molecule has 0 aliphatic carbocycles. The minimum Gasteiger partial charge on any atom is -0.484 e. The Balaban J connectivity index is 1.95. The molecule has 4 nitrogen and oxygen atoms in total. The van der Waals surface area contributed by atoms with E-state index in [4.69, 9.17) is 16.3 Å². The van der Waals surface area contributed by atoms with Gasteiger partial charge in [0.15, 0.2) is 11.6 Å². The van der Waals surface area contributed by atoms with Crippen LogP contribution in [0, 0.1) is 0 Å². The minimum absolute atomic E-state index is 0.348. The molecule has 0 fully saturated rings. The first kappa shape index (κ1) is 11.9. The molecule has 0 radical (unpaired) electrons. The van der Waals surface area contributed by atoms with Crippen LogP contribution in [0.1, 0.15) is 25.0 Å². The van der Waals surface area contributed by atoms with Gasteiger partial charge in [0.05, 0.1) is 5.02 Å². The summed E-state index contributed by atoms with van der Waals surface area (Å²) in [6, 6.07) is 7.36. The molecule has 1 aromatic heterocycles. The zero-order valence-electron chi connectivity index (χ0n) is 9.61. The second kappa shape index (κ2) is 5.68. The number of hydrogen-bond donors (Lipinski definition) is 1. The van der Waals surface area contributed by atoms with E-state index in [1.54, 1.807) is 6.07 Å². The first-order valence-corrected chi connectivity index (χ1v) is 5.95. The average Bonchev–Trinajstić information content (AvgIpc) is 2.76. The van der Waals surface area contributed by atoms with Crippen LogP contribution in [0.4, 0.5) is 0 Å². The molecule has 0 spiro atoms. The number of aromatic amines is 1. The zero-order valence-corrected chi connectivity index (χ0v) is 10.4. The van der Waals surface area contributed by atoms with E-state index in [2.05, 4.69) is 22.1 Å². The zero-order chi connectivity index (χ0) is 12.1. The Bertz CT molecular complexity index is 484. The van der Waals surface area contributed by atoms with Crippen LogP contribution in [-0.2, 0) is 13.0 Å². The molecule has 0 bridgehead atoms. The molecule has 1 aromatic carbocycles. The van der Waals surface area contributed by atoms with Crippen molar-refractivity contribution in [3.05, 3.63) is 40.9 Å². The van der Waals surface area contributed by atoms with Gasteiger partial charge < -0.3 is 4.74 Å². The van der Waals surface area contributed by atoms with Crippen LogP contribution < -0.4 is 4.74 Å². The Labute approximate surface area is 105 Å². The van der Waals surface area contributed by atoms with Gasteiger partial charge in [0.1, 0.15) is 12.4 Å². The molecular formula is C12H14ClN3O. The summed E-state index contributed by atoms with van der Waals surface area (Å²) in [6.07, 6.45) is 1.91. The monoisotopic (exact) mass is 251 g/mol. The summed E-state index contributed by atoms with van der Waals surface area (Å²) < 4.78 is 5.55. The number of aryl methyl sites for hydroxylation is 1. The molecule has 0 unspecified atom stereocenters. The first-order valence-electron chi connectivity index (χ1n) is 5.57. The summed E-state index contributed by atoms with van der Waals surface area (Å²) in [5, 5.41) is 7.54. The fourth-order valence-corrected chi connectivity index (χ4v) is 1.63. The number of ether oxygens (including phenoxy) is 1. The molecule has 1 heterocycles. The van der Waals surface area contributed by atoms with Gasteiger partial charge in [-0.15, -0.1) is 0 Å². The molecule has 0 aliphatic heterocycles. The third kappa shape index (κ3) is 3.20. The van der Waals surface area contributed by atoms with Gasteiger partial charge in [-0.05, 0) is 18.6 Å². The normalized spacial score (nSPS) is 10.5. The topological polar surface area (TPSA) is 50.8 Å². The van der Waals surface area contributed by atoms with E-state index in [9.17, 15) is 0 Å². The van der Waals surface area contributed by atoms with Crippen molar-refractivity contribution in [2.75, 3.05) is 0 Å². The van der Waals surface area contributed by atoms with Crippen LogP contribution in [-0.4, -0.2) is 15.2 Å². The second-order valence-electron chi connectivity index (χ2n) is 3.67. The van der Waals surface area contributed by atoms with Crippen molar-refractivity contribution < 1.29 is 4.74 Å². The smallest absolute Gasteiger partial charge is 0.162 e. The standard InChI is InChI=1S/C12H14ClN3O/c1-2-5-11-14-12(16-15-11)8-17-10-7-4-3-6-9(10)13/h3-4,6-7H,2,5,8H2,1H3,(H,14,15,16). The van der Waals surface area contributed by atoms with E-state index >= 15 is 0 Å². The molecule has 2 aromatic rings. The third-order valence-electron chi connectivity index (χ3n) is 2.25. The van der Waals surface area contributed by atoms with Crippen molar-refractivity contribution in [2.24, 2.45) is 0 Å². The number of nitrogens with one attached hydrogen (secondary N) is 1. The number of aromatic nitrogens is 3. The lowest BCUT2D eigenvalue weighted by atomic mass is 10.3. The Morgan fingerprint density at radius 3 is 2.94 bits per heavy atom. The summed E-state index contributed by atoms with van der Waals surface area (Å²) in [6.45, 7) is 2.44. The minimum atomic E-state index is 0.348. The van der Waals surface area contributed by atoms with Gasteiger partial charge in [0, 0.05) is 6.42 Å². The molecule has 90 valence electrons. The molecule has 0 aliphatic rings. The highest BCUT2D eigenvalue weighted by molar-refractivity contribution is 6.32. The van der Waals surface area contributed by atoms with E-state index in [1.807, 2.05) is 18.2 Å². The van der Waals surface area contributed by atoms with Crippen LogP contribution in [0.3, 0.4) is 0 Å². The Hall–Kier alpha value is -1.55. The lowest BCUT2D eigenvalue weighted by Gasteiger charge is -2.04. The fraction of sp³-hybridized carbons (Fsp3) is 0.333. The molecule has 0 atom stereocenters.